The van der Waals surface area contributed by atoms with E-state index in [4.69, 9.17) is 0 Å². The summed E-state index contributed by atoms with van der Waals surface area (Å²) in [4.78, 5) is 13.6. The topological polar surface area (TPSA) is 57.7 Å². The monoisotopic (exact) mass is 260 g/mol. The Balaban J connectivity index is 1.87. The van der Waals surface area contributed by atoms with Crippen molar-refractivity contribution in [2.45, 2.75) is 26.2 Å². The Morgan fingerprint density at radius 2 is 1.76 bits per heavy atom. The Labute approximate surface area is 103 Å². The molecule has 1 aliphatic heterocycles. The van der Waals surface area contributed by atoms with Gasteiger partial charge in [-0.05, 0) is 19.3 Å². The van der Waals surface area contributed by atoms with Crippen LogP contribution in [0.25, 0.3) is 0 Å². The van der Waals surface area contributed by atoms with Crippen molar-refractivity contribution in [1.82, 2.24) is 9.21 Å². The molecule has 2 rings (SSSR count). The minimum Gasteiger partial charge on any atom is -0.340 e. The highest BCUT2D eigenvalue weighted by Gasteiger charge is 2.36. The average Bonchev–Trinajstić information content (AvgIpc) is 3.12. The van der Waals surface area contributed by atoms with Crippen molar-refractivity contribution < 1.29 is 13.2 Å². The summed E-state index contributed by atoms with van der Waals surface area (Å²) in [7, 11) is -3.09. The lowest BCUT2D eigenvalue weighted by Crippen LogP contribution is -2.51. The largest absolute Gasteiger partial charge is 0.340 e. The van der Waals surface area contributed by atoms with Gasteiger partial charge in [0, 0.05) is 32.1 Å². The van der Waals surface area contributed by atoms with Crippen LogP contribution in [0.4, 0.5) is 0 Å². The van der Waals surface area contributed by atoms with E-state index in [1.165, 1.54) is 4.31 Å². The van der Waals surface area contributed by atoms with Crippen LogP contribution in [0, 0.1) is 5.92 Å². The van der Waals surface area contributed by atoms with Gasteiger partial charge < -0.3 is 4.90 Å². The molecule has 0 aromatic rings. The van der Waals surface area contributed by atoms with Gasteiger partial charge in [0.1, 0.15) is 0 Å². The quantitative estimate of drug-likeness (QED) is 0.729. The van der Waals surface area contributed by atoms with Crippen LogP contribution < -0.4 is 0 Å². The van der Waals surface area contributed by atoms with Crippen LogP contribution in [0.15, 0.2) is 0 Å². The highest BCUT2D eigenvalue weighted by Crippen LogP contribution is 2.31. The molecule has 0 aromatic heterocycles. The van der Waals surface area contributed by atoms with Gasteiger partial charge in [0.2, 0.25) is 15.9 Å². The van der Waals surface area contributed by atoms with E-state index >= 15 is 0 Å². The van der Waals surface area contributed by atoms with Crippen LogP contribution in [0.3, 0.4) is 0 Å². The Bertz CT molecular complexity index is 382. The number of rotatable bonds is 4. The summed E-state index contributed by atoms with van der Waals surface area (Å²) in [6, 6.07) is 0. The van der Waals surface area contributed by atoms with Gasteiger partial charge in [-0.3, -0.25) is 4.79 Å². The van der Waals surface area contributed by atoms with Crippen molar-refractivity contribution in [3.05, 3.63) is 0 Å². The maximum atomic E-state index is 11.8. The number of piperazine rings is 1. The predicted octanol–water partition coefficient (Wildman–Crippen LogP) is 0.280. The maximum Gasteiger partial charge on any atom is 0.225 e. The third-order valence-electron chi connectivity index (χ3n) is 3.33. The summed E-state index contributed by atoms with van der Waals surface area (Å²) in [5.74, 6) is 0.662. The molecule has 1 aliphatic carbocycles. The smallest absolute Gasteiger partial charge is 0.225 e. The van der Waals surface area contributed by atoms with Crippen molar-refractivity contribution in [2.75, 3.05) is 31.9 Å². The van der Waals surface area contributed by atoms with Crippen LogP contribution in [-0.2, 0) is 14.8 Å². The molecule has 1 amide bonds. The summed E-state index contributed by atoms with van der Waals surface area (Å²) in [6.45, 7) is 3.89. The first kappa shape index (κ1) is 12.8. The predicted molar refractivity (Wildman–Crippen MR) is 65.0 cm³/mol. The lowest BCUT2D eigenvalue weighted by Gasteiger charge is -2.34. The van der Waals surface area contributed by atoms with Crippen LogP contribution in [0.5, 0.6) is 0 Å². The van der Waals surface area contributed by atoms with Crippen LogP contribution >= 0.6 is 0 Å². The molecule has 0 N–H and O–H groups in total. The van der Waals surface area contributed by atoms with E-state index in [9.17, 15) is 13.2 Å². The zero-order valence-corrected chi connectivity index (χ0v) is 11.1. The molecule has 98 valence electrons. The molecule has 0 unspecified atom stereocenters. The van der Waals surface area contributed by atoms with Gasteiger partial charge in [0.25, 0.3) is 0 Å². The fraction of sp³-hybridized carbons (Fsp3) is 0.909. The molecule has 0 bridgehead atoms. The van der Waals surface area contributed by atoms with Crippen molar-refractivity contribution in [1.29, 1.82) is 0 Å². The van der Waals surface area contributed by atoms with E-state index in [-0.39, 0.29) is 17.6 Å². The van der Waals surface area contributed by atoms with Gasteiger partial charge in [-0.2, -0.15) is 4.31 Å². The standard InChI is InChI=1S/C11H20N2O3S/c1-2-9-17(15,16)13-7-5-12(6-8-13)11(14)10-3-4-10/h10H,2-9H2,1H3. The van der Waals surface area contributed by atoms with Gasteiger partial charge >= 0.3 is 0 Å². The second kappa shape index (κ2) is 4.94. The molecule has 17 heavy (non-hydrogen) atoms. The van der Waals surface area contributed by atoms with Gasteiger partial charge in [0.05, 0.1) is 5.75 Å². The zero-order valence-electron chi connectivity index (χ0n) is 10.3. The maximum absolute atomic E-state index is 11.8. The van der Waals surface area contributed by atoms with Gasteiger partial charge in [-0.1, -0.05) is 6.92 Å². The Hall–Kier alpha value is -0.620. The van der Waals surface area contributed by atoms with E-state index in [2.05, 4.69) is 0 Å². The Morgan fingerprint density at radius 3 is 2.24 bits per heavy atom. The molecule has 0 spiro atoms. The molecular weight excluding hydrogens is 240 g/mol. The molecule has 0 aromatic carbocycles. The Morgan fingerprint density at radius 1 is 1.18 bits per heavy atom. The number of amides is 1. The van der Waals surface area contributed by atoms with Gasteiger partial charge in [-0.25, -0.2) is 8.42 Å². The van der Waals surface area contributed by atoms with Crippen molar-refractivity contribution in [2.24, 2.45) is 5.92 Å². The number of carbonyl (C=O) groups is 1. The summed E-state index contributed by atoms with van der Waals surface area (Å²) < 4.78 is 25.2. The molecular formula is C11H20N2O3S. The van der Waals surface area contributed by atoms with E-state index in [1.54, 1.807) is 0 Å². The fourth-order valence-corrected chi connectivity index (χ4v) is 3.66. The first-order chi connectivity index (χ1) is 8.04. The van der Waals surface area contributed by atoms with E-state index < -0.39 is 10.0 Å². The lowest BCUT2D eigenvalue weighted by atomic mass is 10.3. The molecule has 5 nitrogen and oxygen atoms in total. The SMILES string of the molecule is CCCS(=O)(=O)N1CCN(C(=O)C2CC2)CC1. The molecule has 2 fully saturated rings. The molecule has 0 atom stereocenters. The van der Waals surface area contributed by atoms with Crippen LogP contribution in [0.1, 0.15) is 26.2 Å². The average molecular weight is 260 g/mol. The molecule has 1 saturated heterocycles. The first-order valence-corrected chi connectivity index (χ1v) is 7.92. The third-order valence-corrected chi connectivity index (χ3v) is 5.41. The Kier molecular flexibility index (Phi) is 3.73. The molecule has 2 aliphatic rings. The molecule has 1 heterocycles. The summed E-state index contributed by atoms with van der Waals surface area (Å²) >= 11 is 0. The molecule has 1 saturated carbocycles. The van der Waals surface area contributed by atoms with Crippen LogP contribution in [-0.4, -0.2) is 55.5 Å². The molecule has 0 radical (unpaired) electrons. The minimum atomic E-state index is -3.09. The van der Waals surface area contributed by atoms with E-state index in [0.29, 0.717) is 32.6 Å². The number of nitrogens with zero attached hydrogens (tertiary/aromatic N) is 2. The van der Waals surface area contributed by atoms with Crippen molar-refractivity contribution in [3.8, 4) is 0 Å². The van der Waals surface area contributed by atoms with Gasteiger partial charge in [0.15, 0.2) is 0 Å². The number of hydrogen-bond donors (Lipinski definition) is 0. The summed E-state index contributed by atoms with van der Waals surface area (Å²) in [5, 5.41) is 0. The number of sulfonamides is 1. The van der Waals surface area contributed by atoms with E-state index in [1.807, 2.05) is 11.8 Å². The second-order valence-electron chi connectivity index (χ2n) is 4.81. The molecule has 6 heteroatoms. The van der Waals surface area contributed by atoms with Crippen LogP contribution in [0.2, 0.25) is 0 Å². The highest BCUT2D eigenvalue weighted by molar-refractivity contribution is 7.89. The summed E-state index contributed by atoms with van der Waals surface area (Å²) in [5.41, 5.74) is 0. The normalized spacial score (nSPS) is 22.8. The van der Waals surface area contributed by atoms with Crippen molar-refractivity contribution in [3.63, 3.8) is 0 Å². The van der Waals surface area contributed by atoms with Crippen molar-refractivity contribution >= 4 is 15.9 Å². The first-order valence-electron chi connectivity index (χ1n) is 6.31. The van der Waals surface area contributed by atoms with E-state index in [0.717, 1.165) is 12.8 Å². The third kappa shape index (κ3) is 2.98. The summed E-state index contributed by atoms with van der Waals surface area (Å²) in [6.07, 6.45) is 2.66. The van der Waals surface area contributed by atoms with Gasteiger partial charge in [-0.15, -0.1) is 0 Å². The zero-order chi connectivity index (χ0) is 12.5. The second-order valence-corrected chi connectivity index (χ2v) is 6.90. The number of carbonyl (C=O) groups excluding carboxylic acids is 1. The highest BCUT2D eigenvalue weighted by atomic mass is 32.2. The fourth-order valence-electron chi connectivity index (χ4n) is 2.16. The lowest BCUT2D eigenvalue weighted by molar-refractivity contribution is -0.133. The number of hydrogen-bond acceptors (Lipinski definition) is 3. The minimum absolute atomic E-state index is 0.212.